The maximum absolute atomic E-state index is 13.4. The SMILES string of the molecule is O=C(/C=C/c1cccc(F)c1)N(CCc1ccccc1)c1nc2ccccc2s1. The quantitative estimate of drug-likeness (QED) is 0.386. The summed E-state index contributed by atoms with van der Waals surface area (Å²) < 4.78 is 14.4. The fourth-order valence-electron chi connectivity index (χ4n) is 3.03. The number of anilines is 1. The van der Waals surface area contributed by atoms with Crippen LogP contribution in [0.5, 0.6) is 0 Å². The molecule has 0 unspecified atom stereocenters. The summed E-state index contributed by atoms with van der Waals surface area (Å²) in [5.41, 5.74) is 2.67. The van der Waals surface area contributed by atoms with Gasteiger partial charge in [-0.05, 0) is 47.9 Å². The van der Waals surface area contributed by atoms with Crippen LogP contribution in [-0.4, -0.2) is 17.4 Å². The number of amides is 1. The summed E-state index contributed by atoms with van der Waals surface area (Å²) in [7, 11) is 0. The van der Waals surface area contributed by atoms with Crippen molar-refractivity contribution in [2.24, 2.45) is 0 Å². The fraction of sp³-hybridized carbons (Fsp3) is 0.0833. The molecule has 1 amide bonds. The number of rotatable bonds is 6. The molecule has 0 N–H and O–H groups in total. The van der Waals surface area contributed by atoms with Crippen LogP contribution in [0.25, 0.3) is 16.3 Å². The standard InChI is InChI=1S/C24H19FN2OS/c25-20-10-6-9-19(17-20)13-14-23(28)27(16-15-18-7-2-1-3-8-18)24-26-21-11-4-5-12-22(21)29-24/h1-14,17H,15-16H2/b14-13+. The molecule has 0 aliphatic heterocycles. The van der Waals surface area contributed by atoms with Gasteiger partial charge in [0.2, 0.25) is 0 Å². The lowest BCUT2D eigenvalue weighted by Gasteiger charge is -2.18. The Bertz CT molecular complexity index is 1120. The highest BCUT2D eigenvalue weighted by Crippen LogP contribution is 2.29. The van der Waals surface area contributed by atoms with E-state index in [9.17, 15) is 9.18 Å². The van der Waals surface area contributed by atoms with E-state index in [1.54, 1.807) is 23.1 Å². The average Bonchev–Trinajstić information content (AvgIpc) is 3.17. The third kappa shape index (κ3) is 4.76. The van der Waals surface area contributed by atoms with Gasteiger partial charge in [0, 0.05) is 12.6 Å². The number of para-hydroxylation sites is 1. The number of hydrogen-bond donors (Lipinski definition) is 0. The van der Waals surface area contributed by atoms with Crippen LogP contribution in [-0.2, 0) is 11.2 Å². The number of carbonyl (C=O) groups excluding carboxylic acids is 1. The summed E-state index contributed by atoms with van der Waals surface area (Å²) in [6, 6.07) is 24.1. The first kappa shape index (κ1) is 19.0. The fourth-order valence-corrected chi connectivity index (χ4v) is 4.03. The van der Waals surface area contributed by atoms with E-state index in [1.165, 1.54) is 29.5 Å². The molecule has 0 aliphatic carbocycles. The smallest absolute Gasteiger partial charge is 0.252 e. The number of thiazole rings is 1. The van der Waals surface area contributed by atoms with E-state index in [1.807, 2.05) is 54.6 Å². The van der Waals surface area contributed by atoms with Crippen molar-refractivity contribution in [2.75, 3.05) is 11.4 Å². The molecule has 0 saturated heterocycles. The first-order chi connectivity index (χ1) is 14.2. The van der Waals surface area contributed by atoms with Gasteiger partial charge in [0.15, 0.2) is 5.13 Å². The van der Waals surface area contributed by atoms with Crippen molar-refractivity contribution in [2.45, 2.75) is 6.42 Å². The number of hydrogen-bond acceptors (Lipinski definition) is 3. The molecule has 1 aromatic heterocycles. The van der Waals surface area contributed by atoms with Crippen molar-refractivity contribution < 1.29 is 9.18 Å². The number of aromatic nitrogens is 1. The molecule has 0 aliphatic rings. The zero-order chi connectivity index (χ0) is 20.1. The van der Waals surface area contributed by atoms with Gasteiger partial charge in [-0.1, -0.05) is 65.9 Å². The van der Waals surface area contributed by atoms with Gasteiger partial charge in [0.25, 0.3) is 5.91 Å². The summed E-state index contributed by atoms with van der Waals surface area (Å²) in [4.78, 5) is 19.3. The minimum atomic E-state index is -0.327. The largest absolute Gasteiger partial charge is 0.284 e. The van der Waals surface area contributed by atoms with E-state index in [4.69, 9.17) is 0 Å². The van der Waals surface area contributed by atoms with Crippen LogP contribution < -0.4 is 4.90 Å². The summed E-state index contributed by atoms with van der Waals surface area (Å²) >= 11 is 1.49. The zero-order valence-corrected chi connectivity index (χ0v) is 16.5. The van der Waals surface area contributed by atoms with E-state index in [2.05, 4.69) is 4.98 Å². The Balaban J connectivity index is 1.60. The lowest BCUT2D eigenvalue weighted by molar-refractivity contribution is -0.114. The van der Waals surface area contributed by atoms with Crippen LogP contribution in [0.4, 0.5) is 9.52 Å². The number of nitrogens with zero attached hydrogens (tertiary/aromatic N) is 2. The summed E-state index contributed by atoms with van der Waals surface area (Å²) in [5.74, 6) is -0.504. The van der Waals surface area contributed by atoms with Crippen LogP contribution in [0.3, 0.4) is 0 Å². The van der Waals surface area contributed by atoms with Gasteiger partial charge in [-0.25, -0.2) is 9.37 Å². The summed E-state index contributed by atoms with van der Waals surface area (Å²) in [5, 5.41) is 0.663. The molecule has 3 nitrogen and oxygen atoms in total. The van der Waals surface area contributed by atoms with Gasteiger partial charge >= 0.3 is 0 Å². The molecule has 144 valence electrons. The van der Waals surface area contributed by atoms with Crippen LogP contribution >= 0.6 is 11.3 Å². The Labute approximate surface area is 172 Å². The molecule has 3 aromatic carbocycles. The molecule has 0 bridgehead atoms. The van der Waals surface area contributed by atoms with Crippen molar-refractivity contribution in [1.82, 2.24) is 4.98 Å². The normalized spacial score (nSPS) is 11.2. The maximum atomic E-state index is 13.4. The minimum Gasteiger partial charge on any atom is -0.284 e. The Hall–Kier alpha value is -3.31. The minimum absolute atomic E-state index is 0.177. The molecule has 0 fully saturated rings. The Morgan fingerprint density at radius 1 is 1.00 bits per heavy atom. The predicted octanol–water partition coefficient (Wildman–Crippen LogP) is 5.72. The molecule has 0 radical (unpaired) electrons. The van der Waals surface area contributed by atoms with Crippen molar-refractivity contribution in [3.05, 3.63) is 102 Å². The van der Waals surface area contributed by atoms with E-state index in [-0.39, 0.29) is 11.7 Å². The average molecular weight is 402 g/mol. The first-order valence-corrected chi connectivity index (χ1v) is 10.2. The van der Waals surface area contributed by atoms with Crippen LogP contribution in [0.1, 0.15) is 11.1 Å². The van der Waals surface area contributed by atoms with Gasteiger partial charge in [0.05, 0.1) is 10.2 Å². The van der Waals surface area contributed by atoms with Gasteiger partial charge < -0.3 is 0 Å². The molecular weight excluding hydrogens is 383 g/mol. The Kier molecular flexibility index (Phi) is 5.77. The lowest BCUT2D eigenvalue weighted by Crippen LogP contribution is -2.31. The molecule has 1 heterocycles. The monoisotopic (exact) mass is 402 g/mol. The van der Waals surface area contributed by atoms with E-state index >= 15 is 0 Å². The molecule has 4 aromatic rings. The highest BCUT2D eigenvalue weighted by molar-refractivity contribution is 7.22. The Morgan fingerprint density at radius 3 is 2.59 bits per heavy atom. The van der Waals surface area contributed by atoms with Gasteiger partial charge in [-0.2, -0.15) is 0 Å². The van der Waals surface area contributed by atoms with E-state index < -0.39 is 0 Å². The molecule has 5 heteroatoms. The topological polar surface area (TPSA) is 33.2 Å². The van der Waals surface area contributed by atoms with Gasteiger partial charge in [-0.3, -0.25) is 9.69 Å². The van der Waals surface area contributed by atoms with Crippen LogP contribution in [0, 0.1) is 5.82 Å². The van der Waals surface area contributed by atoms with Crippen molar-refractivity contribution in [1.29, 1.82) is 0 Å². The molecule has 29 heavy (non-hydrogen) atoms. The van der Waals surface area contributed by atoms with E-state index in [0.717, 1.165) is 22.2 Å². The first-order valence-electron chi connectivity index (χ1n) is 9.34. The van der Waals surface area contributed by atoms with Crippen molar-refractivity contribution >= 4 is 38.7 Å². The van der Waals surface area contributed by atoms with Gasteiger partial charge in [-0.15, -0.1) is 0 Å². The second-order valence-corrected chi connectivity index (χ2v) is 7.59. The molecule has 0 atom stereocenters. The number of fused-ring (bicyclic) bond motifs is 1. The molecule has 0 spiro atoms. The second-order valence-electron chi connectivity index (χ2n) is 6.58. The molecule has 0 saturated carbocycles. The number of carbonyl (C=O) groups is 1. The molecule has 4 rings (SSSR count). The third-order valence-electron chi connectivity index (χ3n) is 4.51. The number of benzene rings is 3. The van der Waals surface area contributed by atoms with Crippen LogP contribution in [0.15, 0.2) is 84.9 Å². The number of halogens is 1. The summed E-state index contributed by atoms with van der Waals surface area (Å²) in [6.07, 6.45) is 3.83. The zero-order valence-electron chi connectivity index (χ0n) is 15.7. The van der Waals surface area contributed by atoms with Gasteiger partial charge in [0.1, 0.15) is 5.82 Å². The highest BCUT2D eigenvalue weighted by Gasteiger charge is 2.17. The lowest BCUT2D eigenvalue weighted by atomic mass is 10.1. The predicted molar refractivity (Wildman–Crippen MR) is 118 cm³/mol. The Morgan fingerprint density at radius 2 is 1.79 bits per heavy atom. The van der Waals surface area contributed by atoms with Crippen LogP contribution in [0.2, 0.25) is 0 Å². The second kappa shape index (κ2) is 8.80. The maximum Gasteiger partial charge on any atom is 0.252 e. The molecular formula is C24H19FN2OS. The summed E-state index contributed by atoms with van der Waals surface area (Å²) in [6.45, 7) is 0.510. The van der Waals surface area contributed by atoms with Crippen molar-refractivity contribution in [3.63, 3.8) is 0 Å². The highest BCUT2D eigenvalue weighted by atomic mass is 32.1. The van der Waals surface area contributed by atoms with E-state index in [0.29, 0.717) is 17.2 Å². The van der Waals surface area contributed by atoms with Crippen molar-refractivity contribution in [3.8, 4) is 0 Å². The third-order valence-corrected chi connectivity index (χ3v) is 5.57.